The van der Waals surface area contributed by atoms with Crippen LogP contribution in [0.1, 0.15) is 42.1 Å². The molecule has 4 amide bonds. The Hall–Kier alpha value is -3.75. The summed E-state index contributed by atoms with van der Waals surface area (Å²) in [5.74, 6) is -0.521. The van der Waals surface area contributed by atoms with Gasteiger partial charge in [-0.1, -0.05) is 25.5 Å². The lowest BCUT2D eigenvalue weighted by atomic mass is 10.0. The molecule has 3 aliphatic rings. The molecule has 3 fully saturated rings. The molecular formula is C24H24N4O5. The van der Waals surface area contributed by atoms with Crippen LogP contribution in [0.2, 0.25) is 0 Å². The average Bonchev–Trinajstić information content (AvgIpc) is 3.49. The largest absolute Gasteiger partial charge is 0.332 e. The highest BCUT2D eigenvalue weighted by Crippen LogP contribution is 2.42. The van der Waals surface area contributed by atoms with Crippen LogP contribution < -0.4 is 4.90 Å². The van der Waals surface area contributed by atoms with E-state index in [0.29, 0.717) is 24.2 Å². The molecule has 33 heavy (non-hydrogen) atoms. The minimum absolute atomic E-state index is 0.115. The number of anilines is 1. The van der Waals surface area contributed by atoms with Gasteiger partial charge in [0, 0.05) is 24.2 Å². The Morgan fingerprint density at radius 3 is 2.42 bits per heavy atom. The second-order valence-electron chi connectivity index (χ2n) is 8.80. The number of hydrogen-bond acceptors (Lipinski definition) is 5. The van der Waals surface area contributed by atoms with E-state index in [2.05, 4.69) is 6.92 Å². The van der Waals surface area contributed by atoms with Gasteiger partial charge in [-0.2, -0.15) is 0 Å². The number of carbonyl (C=O) groups excluding carboxylic acids is 3. The fourth-order valence-corrected chi connectivity index (χ4v) is 5.21. The Bertz CT molecular complexity index is 1130. The molecule has 2 bridgehead atoms. The number of imide groups is 1. The lowest BCUT2D eigenvalue weighted by Gasteiger charge is -2.35. The first-order valence-corrected chi connectivity index (χ1v) is 11.2. The number of rotatable bonds is 6. The summed E-state index contributed by atoms with van der Waals surface area (Å²) in [5.41, 5.74) is 1.96. The molecule has 3 aliphatic heterocycles. The third-order valence-corrected chi connectivity index (χ3v) is 6.86. The summed E-state index contributed by atoms with van der Waals surface area (Å²) in [6, 6.07) is 11.2. The normalized spacial score (nSPS) is 23.4. The standard InChI is InChI=1S/C24H24N4O5/c1-2-3-4-15-5-7-16(8-6-15)22(29)25-14-19-13-20(25)21-23(30)27(24(31)26(19)21)17-9-11-18(12-10-17)28(32)33/h5-12,19-21H,2-4,13-14H2,1H3/t19-,20-,21+/m0/s1. The quantitative estimate of drug-likeness (QED) is 0.383. The van der Waals surface area contributed by atoms with Crippen molar-refractivity contribution in [3.63, 3.8) is 0 Å². The maximum Gasteiger partial charge on any atom is 0.332 e. The number of aryl methyl sites for hydroxylation is 1. The summed E-state index contributed by atoms with van der Waals surface area (Å²) in [6.07, 6.45) is 3.77. The van der Waals surface area contributed by atoms with Crippen LogP contribution in [0.15, 0.2) is 48.5 Å². The zero-order chi connectivity index (χ0) is 23.3. The Labute approximate surface area is 190 Å². The number of amides is 4. The van der Waals surface area contributed by atoms with Gasteiger partial charge in [-0.3, -0.25) is 19.7 Å². The number of unbranched alkanes of at least 4 members (excludes halogenated alkanes) is 1. The molecule has 0 radical (unpaired) electrons. The molecule has 9 nitrogen and oxygen atoms in total. The fourth-order valence-electron chi connectivity index (χ4n) is 5.21. The zero-order valence-electron chi connectivity index (χ0n) is 18.2. The van der Waals surface area contributed by atoms with Crippen molar-refractivity contribution in [2.45, 2.75) is 50.7 Å². The van der Waals surface area contributed by atoms with Crippen molar-refractivity contribution in [3.05, 3.63) is 69.8 Å². The van der Waals surface area contributed by atoms with E-state index in [-0.39, 0.29) is 23.7 Å². The summed E-state index contributed by atoms with van der Waals surface area (Å²) >= 11 is 0. The number of non-ortho nitro benzene ring substituents is 1. The molecule has 3 heterocycles. The summed E-state index contributed by atoms with van der Waals surface area (Å²) in [5, 5.41) is 10.9. The van der Waals surface area contributed by atoms with Crippen molar-refractivity contribution in [3.8, 4) is 0 Å². The molecule has 0 unspecified atom stereocenters. The van der Waals surface area contributed by atoms with E-state index in [9.17, 15) is 24.5 Å². The van der Waals surface area contributed by atoms with Crippen molar-refractivity contribution < 1.29 is 19.3 Å². The number of nitrogens with zero attached hydrogens (tertiary/aromatic N) is 4. The predicted octanol–water partition coefficient (Wildman–Crippen LogP) is 3.37. The summed E-state index contributed by atoms with van der Waals surface area (Å²) in [6.45, 7) is 2.53. The molecule has 0 spiro atoms. The first-order chi connectivity index (χ1) is 15.9. The van der Waals surface area contributed by atoms with Crippen molar-refractivity contribution in [2.75, 3.05) is 11.4 Å². The van der Waals surface area contributed by atoms with Crippen molar-refractivity contribution in [1.82, 2.24) is 9.80 Å². The lowest BCUT2D eigenvalue weighted by Crippen LogP contribution is -2.54. The van der Waals surface area contributed by atoms with Gasteiger partial charge in [0.25, 0.3) is 17.5 Å². The number of benzene rings is 2. The van der Waals surface area contributed by atoms with Crippen LogP contribution in [0.4, 0.5) is 16.2 Å². The predicted molar refractivity (Wildman–Crippen MR) is 120 cm³/mol. The van der Waals surface area contributed by atoms with Gasteiger partial charge in [0.1, 0.15) is 6.04 Å². The first-order valence-electron chi connectivity index (χ1n) is 11.2. The van der Waals surface area contributed by atoms with Gasteiger partial charge in [-0.05, 0) is 49.1 Å². The first kappa shape index (κ1) is 21.1. The SMILES string of the molecule is CCCCc1ccc(C(=O)N2C[C@@H]3C[C@H]2[C@@H]2C(=O)N(c4ccc([N+](=O)[O-])cc4)C(=O)N32)cc1. The molecule has 3 atom stereocenters. The molecule has 9 heteroatoms. The van der Waals surface area contributed by atoms with Gasteiger partial charge in [-0.15, -0.1) is 0 Å². The van der Waals surface area contributed by atoms with Gasteiger partial charge >= 0.3 is 6.03 Å². The topological polar surface area (TPSA) is 104 Å². The van der Waals surface area contributed by atoms with Crippen LogP contribution in [-0.4, -0.2) is 57.2 Å². The maximum atomic E-state index is 13.2. The van der Waals surface area contributed by atoms with Crippen molar-refractivity contribution in [2.24, 2.45) is 0 Å². The molecule has 0 aromatic heterocycles. The van der Waals surface area contributed by atoms with E-state index in [1.807, 2.05) is 24.3 Å². The second-order valence-corrected chi connectivity index (χ2v) is 8.80. The molecular weight excluding hydrogens is 424 g/mol. The number of carbonyl (C=O) groups is 3. The van der Waals surface area contributed by atoms with Crippen LogP contribution in [0, 0.1) is 10.1 Å². The minimum atomic E-state index is -0.723. The van der Waals surface area contributed by atoms with E-state index in [1.165, 1.54) is 29.8 Å². The molecule has 5 rings (SSSR count). The number of piperazine rings is 1. The minimum Gasteiger partial charge on any atom is -0.331 e. The highest BCUT2D eigenvalue weighted by molar-refractivity contribution is 6.22. The second kappa shape index (κ2) is 7.99. The van der Waals surface area contributed by atoms with Gasteiger partial charge in [0.15, 0.2) is 0 Å². The summed E-state index contributed by atoms with van der Waals surface area (Å²) in [4.78, 5) is 54.3. The molecule has 3 saturated heterocycles. The maximum absolute atomic E-state index is 13.2. The zero-order valence-corrected chi connectivity index (χ0v) is 18.2. The van der Waals surface area contributed by atoms with Crippen molar-refractivity contribution >= 4 is 29.2 Å². The van der Waals surface area contributed by atoms with Crippen LogP contribution in [0.25, 0.3) is 0 Å². The Morgan fingerprint density at radius 1 is 1.09 bits per heavy atom. The number of nitro groups is 1. The summed E-state index contributed by atoms with van der Waals surface area (Å²) < 4.78 is 0. The average molecular weight is 448 g/mol. The monoisotopic (exact) mass is 448 g/mol. The third-order valence-electron chi connectivity index (χ3n) is 6.86. The van der Waals surface area contributed by atoms with E-state index >= 15 is 0 Å². The Kier molecular flexibility index (Phi) is 5.11. The fraction of sp³-hybridized carbons (Fsp3) is 0.375. The van der Waals surface area contributed by atoms with Crippen LogP contribution >= 0.6 is 0 Å². The number of fused-ring (bicyclic) bond motifs is 5. The van der Waals surface area contributed by atoms with E-state index in [4.69, 9.17) is 0 Å². The van der Waals surface area contributed by atoms with Crippen LogP contribution in [0.3, 0.4) is 0 Å². The van der Waals surface area contributed by atoms with Gasteiger partial charge in [0.2, 0.25) is 0 Å². The number of likely N-dealkylation sites (tertiary alicyclic amines) is 1. The number of hydrogen-bond donors (Lipinski definition) is 0. The van der Waals surface area contributed by atoms with E-state index in [1.54, 1.807) is 9.80 Å². The highest BCUT2D eigenvalue weighted by Gasteiger charge is 2.62. The molecule has 0 N–H and O–H groups in total. The molecule has 2 aromatic rings. The van der Waals surface area contributed by atoms with Crippen molar-refractivity contribution in [1.29, 1.82) is 0 Å². The third kappa shape index (κ3) is 3.35. The Morgan fingerprint density at radius 2 is 1.79 bits per heavy atom. The highest BCUT2D eigenvalue weighted by atomic mass is 16.6. The van der Waals surface area contributed by atoms with Crippen LogP contribution in [0.5, 0.6) is 0 Å². The lowest BCUT2D eigenvalue weighted by molar-refractivity contribution is -0.384. The van der Waals surface area contributed by atoms with E-state index in [0.717, 1.165) is 24.2 Å². The van der Waals surface area contributed by atoms with Crippen LogP contribution in [-0.2, 0) is 11.2 Å². The molecule has 2 aromatic carbocycles. The molecule has 170 valence electrons. The Balaban J connectivity index is 1.35. The van der Waals surface area contributed by atoms with Gasteiger partial charge in [0.05, 0.1) is 22.7 Å². The van der Waals surface area contributed by atoms with Gasteiger partial charge in [-0.25, -0.2) is 9.69 Å². The van der Waals surface area contributed by atoms with Gasteiger partial charge < -0.3 is 9.80 Å². The smallest absolute Gasteiger partial charge is 0.331 e. The molecule has 0 saturated carbocycles. The molecule has 0 aliphatic carbocycles. The summed E-state index contributed by atoms with van der Waals surface area (Å²) in [7, 11) is 0. The number of nitro benzene ring substituents is 1. The van der Waals surface area contributed by atoms with E-state index < -0.39 is 22.9 Å². The number of urea groups is 1.